The van der Waals surface area contributed by atoms with Gasteiger partial charge in [-0.05, 0) is 48.9 Å². The van der Waals surface area contributed by atoms with Gasteiger partial charge in [0.2, 0.25) is 0 Å². The van der Waals surface area contributed by atoms with Crippen LogP contribution < -0.4 is 19.5 Å². The number of para-hydroxylation sites is 1. The van der Waals surface area contributed by atoms with Gasteiger partial charge in [-0.2, -0.15) is 0 Å². The second-order valence-corrected chi connectivity index (χ2v) is 6.88. The van der Waals surface area contributed by atoms with E-state index in [1.807, 2.05) is 54.6 Å². The summed E-state index contributed by atoms with van der Waals surface area (Å²) < 4.78 is 16.9. The van der Waals surface area contributed by atoms with Crippen molar-refractivity contribution >= 4 is 11.6 Å². The van der Waals surface area contributed by atoms with E-state index in [2.05, 4.69) is 17.2 Å². The summed E-state index contributed by atoms with van der Waals surface area (Å²) in [4.78, 5) is 4.38. The SMILES string of the molecule is COc1cc(CNC(C)c2ccccn2)ccc1OCCOc1ccccc1Cl. The maximum atomic E-state index is 6.08. The molecule has 1 aromatic heterocycles. The Morgan fingerprint density at radius 1 is 0.931 bits per heavy atom. The summed E-state index contributed by atoms with van der Waals surface area (Å²) >= 11 is 6.08. The summed E-state index contributed by atoms with van der Waals surface area (Å²) in [7, 11) is 1.64. The van der Waals surface area contributed by atoms with Crippen molar-refractivity contribution in [3.8, 4) is 17.2 Å². The van der Waals surface area contributed by atoms with E-state index in [1.165, 1.54) is 0 Å². The molecule has 0 bridgehead atoms. The molecule has 0 saturated carbocycles. The zero-order valence-electron chi connectivity index (χ0n) is 16.6. The van der Waals surface area contributed by atoms with Gasteiger partial charge >= 0.3 is 0 Å². The summed E-state index contributed by atoms with van der Waals surface area (Å²) in [6, 6.07) is 19.4. The minimum Gasteiger partial charge on any atom is -0.493 e. The highest BCUT2D eigenvalue weighted by atomic mass is 35.5. The predicted octanol–water partition coefficient (Wildman–Crippen LogP) is 5.05. The van der Waals surface area contributed by atoms with Gasteiger partial charge in [0.15, 0.2) is 11.5 Å². The number of nitrogens with zero attached hydrogens (tertiary/aromatic N) is 1. The zero-order valence-corrected chi connectivity index (χ0v) is 17.4. The fourth-order valence-electron chi connectivity index (χ4n) is 2.81. The van der Waals surface area contributed by atoms with Crippen molar-refractivity contribution in [2.24, 2.45) is 0 Å². The van der Waals surface area contributed by atoms with E-state index < -0.39 is 0 Å². The molecule has 152 valence electrons. The van der Waals surface area contributed by atoms with Crippen molar-refractivity contribution in [2.45, 2.75) is 19.5 Å². The van der Waals surface area contributed by atoms with E-state index in [4.69, 9.17) is 25.8 Å². The number of hydrogen-bond acceptors (Lipinski definition) is 5. The van der Waals surface area contributed by atoms with Crippen LogP contribution in [0.5, 0.6) is 17.2 Å². The third-order valence-corrected chi connectivity index (χ3v) is 4.72. The minimum absolute atomic E-state index is 0.153. The first-order valence-electron chi connectivity index (χ1n) is 9.48. The predicted molar refractivity (Wildman–Crippen MR) is 115 cm³/mol. The first-order chi connectivity index (χ1) is 14.2. The van der Waals surface area contributed by atoms with Gasteiger partial charge in [-0.15, -0.1) is 0 Å². The molecule has 29 heavy (non-hydrogen) atoms. The quantitative estimate of drug-likeness (QED) is 0.472. The van der Waals surface area contributed by atoms with Gasteiger partial charge in [0.05, 0.1) is 17.8 Å². The monoisotopic (exact) mass is 412 g/mol. The van der Waals surface area contributed by atoms with Crippen molar-refractivity contribution in [1.82, 2.24) is 10.3 Å². The standard InChI is InChI=1S/C23H25ClN2O3/c1-17(20-8-5-6-12-25-20)26-16-18-10-11-22(23(15-18)27-2)29-14-13-28-21-9-4-3-7-19(21)24/h3-12,15,17,26H,13-14,16H2,1-2H3. The fraction of sp³-hybridized carbons (Fsp3) is 0.261. The van der Waals surface area contributed by atoms with Crippen LogP contribution in [0, 0.1) is 0 Å². The van der Waals surface area contributed by atoms with E-state index in [-0.39, 0.29) is 6.04 Å². The molecule has 0 radical (unpaired) electrons. The molecule has 1 N–H and O–H groups in total. The topological polar surface area (TPSA) is 52.6 Å². The fourth-order valence-corrected chi connectivity index (χ4v) is 3.00. The van der Waals surface area contributed by atoms with Gasteiger partial charge in [0, 0.05) is 18.8 Å². The Bertz CT molecular complexity index is 906. The summed E-state index contributed by atoms with van der Waals surface area (Å²) in [6.07, 6.45) is 1.80. The number of nitrogens with one attached hydrogen (secondary N) is 1. The van der Waals surface area contributed by atoms with Crippen molar-refractivity contribution < 1.29 is 14.2 Å². The van der Waals surface area contributed by atoms with Gasteiger partial charge < -0.3 is 19.5 Å². The molecule has 1 atom stereocenters. The average molecular weight is 413 g/mol. The normalized spacial score (nSPS) is 11.7. The summed E-state index contributed by atoms with van der Waals surface area (Å²) in [5, 5.41) is 4.06. The Morgan fingerprint density at radius 2 is 1.69 bits per heavy atom. The van der Waals surface area contributed by atoms with Crippen molar-refractivity contribution in [3.05, 3.63) is 83.1 Å². The third kappa shape index (κ3) is 6.11. The van der Waals surface area contributed by atoms with Crippen LogP contribution in [-0.4, -0.2) is 25.3 Å². The smallest absolute Gasteiger partial charge is 0.161 e. The van der Waals surface area contributed by atoms with Crippen LogP contribution in [0.2, 0.25) is 5.02 Å². The van der Waals surface area contributed by atoms with Crippen LogP contribution in [0.1, 0.15) is 24.2 Å². The van der Waals surface area contributed by atoms with Crippen molar-refractivity contribution in [1.29, 1.82) is 0 Å². The molecule has 0 aliphatic heterocycles. The lowest BCUT2D eigenvalue weighted by Crippen LogP contribution is -2.19. The molecule has 0 aliphatic rings. The molecule has 3 aromatic rings. The van der Waals surface area contributed by atoms with Crippen LogP contribution in [-0.2, 0) is 6.54 Å². The van der Waals surface area contributed by atoms with E-state index in [9.17, 15) is 0 Å². The van der Waals surface area contributed by atoms with Crippen LogP contribution in [0.3, 0.4) is 0 Å². The third-order valence-electron chi connectivity index (χ3n) is 4.41. The Kier molecular flexibility index (Phi) is 7.73. The summed E-state index contributed by atoms with van der Waals surface area (Å²) in [6.45, 7) is 3.56. The van der Waals surface area contributed by atoms with Crippen LogP contribution in [0.4, 0.5) is 0 Å². The Morgan fingerprint density at radius 3 is 2.41 bits per heavy atom. The second kappa shape index (κ2) is 10.7. The summed E-state index contributed by atoms with van der Waals surface area (Å²) in [5.74, 6) is 2.01. The molecular weight excluding hydrogens is 388 g/mol. The Labute approximate surface area is 176 Å². The van der Waals surface area contributed by atoms with Crippen LogP contribution in [0.15, 0.2) is 66.9 Å². The van der Waals surface area contributed by atoms with Crippen molar-refractivity contribution in [3.63, 3.8) is 0 Å². The first-order valence-corrected chi connectivity index (χ1v) is 9.86. The Balaban J connectivity index is 1.51. The maximum absolute atomic E-state index is 6.08. The highest BCUT2D eigenvalue weighted by molar-refractivity contribution is 6.32. The highest BCUT2D eigenvalue weighted by Gasteiger charge is 2.09. The number of ether oxygens (including phenoxy) is 3. The second-order valence-electron chi connectivity index (χ2n) is 6.47. The molecule has 5 nitrogen and oxygen atoms in total. The van der Waals surface area contributed by atoms with E-state index in [1.54, 1.807) is 19.4 Å². The van der Waals surface area contributed by atoms with E-state index >= 15 is 0 Å². The van der Waals surface area contributed by atoms with Crippen LogP contribution >= 0.6 is 11.6 Å². The minimum atomic E-state index is 0.153. The number of rotatable bonds is 10. The van der Waals surface area contributed by atoms with Gasteiger partial charge in [0.1, 0.15) is 19.0 Å². The number of hydrogen-bond donors (Lipinski definition) is 1. The first kappa shape index (κ1) is 21.0. The molecule has 2 aromatic carbocycles. The molecule has 0 spiro atoms. The highest BCUT2D eigenvalue weighted by Crippen LogP contribution is 2.28. The van der Waals surface area contributed by atoms with E-state index in [0.29, 0.717) is 42.0 Å². The van der Waals surface area contributed by atoms with Gasteiger partial charge in [-0.3, -0.25) is 4.98 Å². The average Bonchev–Trinajstić information content (AvgIpc) is 2.77. The number of aromatic nitrogens is 1. The lowest BCUT2D eigenvalue weighted by molar-refractivity contribution is 0.211. The molecular formula is C23H25ClN2O3. The molecule has 0 fully saturated rings. The van der Waals surface area contributed by atoms with Gasteiger partial charge in [-0.1, -0.05) is 35.9 Å². The molecule has 0 amide bonds. The molecule has 0 saturated heterocycles. The largest absolute Gasteiger partial charge is 0.493 e. The molecule has 1 unspecified atom stereocenters. The van der Waals surface area contributed by atoms with Crippen molar-refractivity contribution in [2.75, 3.05) is 20.3 Å². The number of halogens is 1. The van der Waals surface area contributed by atoms with Gasteiger partial charge in [-0.25, -0.2) is 0 Å². The lowest BCUT2D eigenvalue weighted by Gasteiger charge is -2.15. The molecule has 6 heteroatoms. The number of pyridine rings is 1. The molecule has 3 rings (SSSR count). The summed E-state index contributed by atoms with van der Waals surface area (Å²) in [5.41, 5.74) is 2.11. The number of benzene rings is 2. The Hall–Kier alpha value is -2.76. The van der Waals surface area contributed by atoms with Gasteiger partial charge in [0.25, 0.3) is 0 Å². The number of methoxy groups -OCH3 is 1. The van der Waals surface area contributed by atoms with E-state index in [0.717, 1.165) is 11.3 Å². The van der Waals surface area contributed by atoms with Crippen LogP contribution in [0.25, 0.3) is 0 Å². The molecule has 0 aliphatic carbocycles. The zero-order chi connectivity index (χ0) is 20.5. The lowest BCUT2D eigenvalue weighted by atomic mass is 10.1. The molecule has 1 heterocycles. The maximum Gasteiger partial charge on any atom is 0.161 e.